The molecule has 8 nitrogen and oxygen atoms in total. The van der Waals surface area contributed by atoms with Crippen LogP contribution in [-0.4, -0.2) is 54.2 Å². The highest BCUT2D eigenvalue weighted by Gasteiger charge is 2.45. The minimum Gasteiger partial charge on any atom is -0.479 e. The van der Waals surface area contributed by atoms with E-state index in [2.05, 4.69) is 0 Å². The molecule has 0 spiro atoms. The Balaban J connectivity index is 1.87. The number of carbonyl (C=O) groups excluding carboxylic acids is 2. The average molecular weight is 364 g/mol. The van der Waals surface area contributed by atoms with Gasteiger partial charge >= 0.3 is 17.9 Å². The van der Waals surface area contributed by atoms with E-state index in [1.54, 1.807) is 44.2 Å². The van der Waals surface area contributed by atoms with Crippen LogP contribution >= 0.6 is 0 Å². The molecule has 1 heterocycles. The number of ether oxygens (including phenoxy) is 4. The Morgan fingerprint density at radius 1 is 1.15 bits per heavy atom. The SMILES string of the molecule is CC(C)OC(=O)C1OC(C=CCOC(=O)c2ccccc2)OC1C(=O)O. The molecule has 140 valence electrons. The summed E-state index contributed by atoms with van der Waals surface area (Å²) >= 11 is 0. The van der Waals surface area contributed by atoms with E-state index in [0.29, 0.717) is 5.56 Å². The van der Waals surface area contributed by atoms with Crippen molar-refractivity contribution in [2.45, 2.75) is 38.4 Å². The van der Waals surface area contributed by atoms with Crippen LogP contribution in [0.2, 0.25) is 0 Å². The van der Waals surface area contributed by atoms with Crippen LogP contribution in [-0.2, 0) is 28.5 Å². The summed E-state index contributed by atoms with van der Waals surface area (Å²) < 4.78 is 20.5. The fraction of sp³-hybridized carbons (Fsp3) is 0.389. The molecule has 1 saturated heterocycles. The number of benzene rings is 1. The van der Waals surface area contributed by atoms with Crippen molar-refractivity contribution in [2.75, 3.05) is 6.61 Å². The predicted octanol–water partition coefficient (Wildman–Crippen LogP) is 1.55. The quantitative estimate of drug-likeness (QED) is 0.573. The molecule has 0 bridgehead atoms. The van der Waals surface area contributed by atoms with Gasteiger partial charge in [-0.15, -0.1) is 0 Å². The average Bonchev–Trinajstić information content (AvgIpc) is 3.03. The van der Waals surface area contributed by atoms with Crippen LogP contribution in [0.15, 0.2) is 42.5 Å². The lowest BCUT2D eigenvalue weighted by atomic mass is 10.2. The lowest BCUT2D eigenvalue weighted by Gasteiger charge is -2.14. The summed E-state index contributed by atoms with van der Waals surface area (Å²) in [6.45, 7) is 3.22. The summed E-state index contributed by atoms with van der Waals surface area (Å²) in [5, 5.41) is 9.15. The number of carboxylic acid groups (broad SMARTS) is 1. The number of rotatable bonds is 7. The minimum atomic E-state index is -1.47. The van der Waals surface area contributed by atoms with Crippen molar-refractivity contribution >= 4 is 17.9 Å². The first kappa shape index (κ1) is 19.6. The third kappa shape index (κ3) is 5.40. The molecule has 3 unspecified atom stereocenters. The minimum absolute atomic E-state index is 0.0597. The Morgan fingerprint density at radius 2 is 1.81 bits per heavy atom. The Labute approximate surface area is 150 Å². The van der Waals surface area contributed by atoms with Gasteiger partial charge in [0, 0.05) is 0 Å². The van der Waals surface area contributed by atoms with Crippen molar-refractivity contribution in [3.8, 4) is 0 Å². The van der Waals surface area contributed by atoms with E-state index in [4.69, 9.17) is 24.1 Å². The van der Waals surface area contributed by atoms with Gasteiger partial charge in [0.05, 0.1) is 11.7 Å². The van der Waals surface area contributed by atoms with E-state index in [0.717, 1.165) is 0 Å². The zero-order valence-electron chi connectivity index (χ0n) is 14.4. The highest BCUT2D eigenvalue weighted by atomic mass is 16.7. The smallest absolute Gasteiger partial charge is 0.339 e. The number of hydrogen-bond donors (Lipinski definition) is 1. The van der Waals surface area contributed by atoms with Crippen molar-refractivity contribution in [1.29, 1.82) is 0 Å². The predicted molar refractivity (Wildman–Crippen MR) is 88.3 cm³/mol. The molecule has 3 atom stereocenters. The third-order valence-electron chi connectivity index (χ3n) is 3.28. The number of carboxylic acids is 1. The molecule has 0 aromatic heterocycles. The van der Waals surface area contributed by atoms with Gasteiger partial charge in [0.15, 0.2) is 18.5 Å². The van der Waals surface area contributed by atoms with Crippen LogP contribution in [0.3, 0.4) is 0 Å². The van der Waals surface area contributed by atoms with Crippen LogP contribution < -0.4 is 0 Å². The first-order valence-electron chi connectivity index (χ1n) is 8.01. The molecule has 0 saturated carbocycles. The Kier molecular flexibility index (Phi) is 6.88. The summed E-state index contributed by atoms with van der Waals surface area (Å²) in [6, 6.07) is 8.46. The molecular weight excluding hydrogens is 344 g/mol. The van der Waals surface area contributed by atoms with E-state index < -0.39 is 42.5 Å². The van der Waals surface area contributed by atoms with Gasteiger partial charge in [-0.05, 0) is 38.1 Å². The monoisotopic (exact) mass is 364 g/mol. The maximum atomic E-state index is 11.9. The van der Waals surface area contributed by atoms with Gasteiger partial charge in [0.25, 0.3) is 0 Å². The van der Waals surface area contributed by atoms with Gasteiger partial charge in [0.2, 0.25) is 0 Å². The molecule has 26 heavy (non-hydrogen) atoms. The van der Waals surface area contributed by atoms with E-state index in [1.807, 2.05) is 0 Å². The highest BCUT2D eigenvalue weighted by Crippen LogP contribution is 2.22. The van der Waals surface area contributed by atoms with E-state index in [-0.39, 0.29) is 6.61 Å². The van der Waals surface area contributed by atoms with Crippen molar-refractivity contribution in [2.24, 2.45) is 0 Å². The molecule has 1 aliphatic rings. The van der Waals surface area contributed by atoms with Gasteiger partial charge in [-0.3, -0.25) is 0 Å². The number of aliphatic carboxylic acids is 1. The van der Waals surface area contributed by atoms with Crippen molar-refractivity contribution in [3.63, 3.8) is 0 Å². The maximum Gasteiger partial charge on any atom is 0.339 e. The number of carbonyl (C=O) groups is 3. The van der Waals surface area contributed by atoms with Crippen LogP contribution in [0, 0.1) is 0 Å². The van der Waals surface area contributed by atoms with E-state index >= 15 is 0 Å². The second-order valence-corrected chi connectivity index (χ2v) is 5.70. The Morgan fingerprint density at radius 3 is 2.42 bits per heavy atom. The molecule has 0 amide bonds. The molecule has 1 N–H and O–H groups in total. The summed E-state index contributed by atoms with van der Waals surface area (Å²) in [6.07, 6.45) is -1.49. The van der Waals surface area contributed by atoms with Gasteiger partial charge in [-0.1, -0.05) is 18.2 Å². The Hall–Kier alpha value is -2.71. The number of esters is 2. The fourth-order valence-corrected chi connectivity index (χ4v) is 2.17. The van der Waals surface area contributed by atoms with E-state index in [9.17, 15) is 14.4 Å². The summed E-state index contributed by atoms with van der Waals surface area (Å²) in [5.41, 5.74) is 0.414. The van der Waals surface area contributed by atoms with Crippen LogP contribution in [0.5, 0.6) is 0 Å². The zero-order valence-corrected chi connectivity index (χ0v) is 14.4. The van der Waals surface area contributed by atoms with Gasteiger partial charge in [0.1, 0.15) is 6.61 Å². The molecule has 1 aromatic rings. The second-order valence-electron chi connectivity index (χ2n) is 5.70. The second kappa shape index (κ2) is 9.12. The van der Waals surface area contributed by atoms with Gasteiger partial charge < -0.3 is 24.1 Å². The molecule has 2 rings (SSSR count). The lowest BCUT2D eigenvalue weighted by molar-refractivity contribution is -0.163. The molecule has 0 radical (unpaired) electrons. The topological polar surface area (TPSA) is 108 Å². The van der Waals surface area contributed by atoms with Crippen LogP contribution in [0.4, 0.5) is 0 Å². The highest BCUT2D eigenvalue weighted by molar-refractivity contribution is 5.89. The third-order valence-corrected chi connectivity index (χ3v) is 3.28. The standard InChI is InChI=1S/C18H20O8/c1-11(2)24-18(22)15-14(16(19)20)25-13(26-15)9-6-10-23-17(21)12-7-4-3-5-8-12/h3-9,11,13-15H,10H2,1-2H3,(H,19,20). The summed E-state index contributed by atoms with van der Waals surface area (Å²) in [5.74, 6) is -2.63. The Bertz CT molecular complexity index is 667. The lowest BCUT2D eigenvalue weighted by Crippen LogP contribution is -2.39. The van der Waals surface area contributed by atoms with Crippen LogP contribution in [0.25, 0.3) is 0 Å². The summed E-state index contributed by atoms with van der Waals surface area (Å²) in [7, 11) is 0. The van der Waals surface area contributed by atoms with Crippen molar-refractivity contribution in [1.82, 2.24) is 0 Å². The fourth-order valence-electron chi connectivity index (χ4n) is 2.17. The van der Waals surface area contributed by atoms with Gasteiger partial charge in [-0.25, -0.2) is 14.4 Å². The van der Waals surface area contributed by atoms with Gasteiger partial charge in [-0.2, -0.15) is 0 Å². The molecule has 1 aromatic carbocycles. The normalized spacial score (nSPS) is 22.5. The van der Waals surface area contributed by atoms with Crippen molar-refractivity contribution < 1.29 is 38.4 Å². The van der Waals surface area contributed by atoms with Crippen molar-refractivity contribution in [3.05, 3.63) is 48.0 Å². The molecule has 0 aliphatic carbocycles. The zero-order chi connectivity index (χ0) is 19.1. The molecular formula is C18H20O8. The maximum absolute atomic E-state index is 11.9. The largest absolute Gasteiger partial charge is 0.479 e. The van der Waals surface area contributed by atoms with E-state index in [1.165, 1.54) is 12.2 Å². The van der Waals surface area contributed by atoms with Crippen LogP contribution in [0.1, 0.15) is 24.2 Å². The first-order valence-corrected chi connectivity index (χ1v) is 8.01. The molecule has 1 aliphatic heterocycles. The molecule has 8 heteroatoms. The summed E-state index contributed by atoms with van der Waals surface area (Å²) in [4.78, 5) is 34.9. The first-order chi connectivity index (χ1) is 12.4. The number of hydrogen-bond acceptors (Lipinski definition) is 7. The molecule has 1 fully saturated rings.